The van der Waals surface area contributed by atoms with Crippen molar-refractivity contribution in [1.82, 2.24) is 15.0 Å². The molecule has 0 amide bonds. The maximum absolute atomic E-state index is 4.59. The lowest BCUT2D eigenvalue weighted by atomic mass is 10.1. The highest BCUT2D eigenvalue weighted by Crippen LogP contribution is 2.20. The largest absolute Gasteiger partial charge is 0.341 e. The van der Waals surface area contributed by atoms with E-state index in [0.29, 0.717) is 0 Å². The van der Waals surface area contributed by atoms with Gasteiger partial charge in [-0.05, 0) is 12.5 Å². The lowest BCUT2D eigenvalue weighted by molar-refractivity contribution is 0.861. The molecule has 0 bridgehead atoms. The van der Waals surface area contributed by atoms with Gasteiger partial charge in [-0.15, -0.1) is 0 Å². The summed E-state index contributed by atoms with van der Waals surface area (Å²) in [5.74, 6) is 1.04. The molecule has 0 aliphatic rings. The van der Waals surface area contributed by atoms with Crippen LogP contribution < -0.4 is 0 Å². The van der Waals surface area contributed by atoms with Gasteiger partial charge >= 0.3 is 0 Å². The third kappa shape index (κ3) is 1.99. The Labute approximate surface area is 106 Å². The van der Waals surface area contributed by atoms with E-state index in [2.05, 4.69) is 34.0 Å². The Hall–Kier alpha value is -2.16. The van der Waals surface area contributed by atoms with Crippen LogP contribution in [0, 0.1) is 0 Å². The van der Waals surface area contributed by atoms with Gasteiger partial charge in [0.15, 0.2) is 0 Å². The number of aromatic nitrogens is 3. The van der Waals surface area contributed by atoms with E-state index in [-0.39, 0.29) is 0 Å². The summed E-state index contributed by atoms with van der Waals surface area (Å²) in [6.45, 7) is 2.15. The van der Waals surface area contributed by atoms with Crippen molar-refractivity contribution in [3.05, 3.63) is 48.4 Å². The molecule has 0 spiro atoms. The molecule has 0 atom stereocenters. The van der Waals surface area contributed by atoms with Crippen LogP contribution in [-0.4, -0.2) is 15.0 Å². The average molecular weight is 237 g/mol. The second-order valence-electron chi connectivity index (χ2n) is 4.39. The SMILES string of the molecule is CCCc1nc2cc(-c3ccccc3)ncc2[nH]1. The predicted octanol–water partition coefficient (Wildman–Crippen LogP) is 3.58. The first-order valence-corrected chi connectivity index (χ1v) is 6.27. The fourth-order valence-electron chi connectivity index (χ4n) is 2.08. The summed E-state index contributed by atoms with van der Waals surface area (Å²) in [7, 11) is 0. The Balaban J connectivity index is 2.05. The number of fused-ring (bicyclic) bond motifs is 1. The molecule has 90 valence electrons. The third-order valence-electron chi connectivity index (χ3n) is 2.97. The van der Waals surface area contributed by atoms with Crippen molar-refractivity contribution in [3.63, 3.8) is 0 Å². The molecule has 2 heterocycles. The van der Waals surface area contributed by atoms with Gasteiger partial charge in [-0.2, -0.15) is 0 Å². The van der Waals surface area contributed by atoms with E-state index in [1.54, 1.807) is 0 Å². The van der Waals surface area contributed by atoms with Crippen molar-refractivity contribution in [1.29, 1.82) is 0 Å². The first-order valence-electron chi connectivity index (χ1n) is 6.27. The van der Waals surface area contributed by atoms with Crippen LogP contribution in [0.2, 0.25) is 0 Å². The van der Waals surface area contributed by atoms with E-state index < -0.39 is 0 Å². The number of rotatable bonds is 3. The molecule has 0 fully saturated rings. The van der Waals surface area contributed by atoms with Crippen molar-refractivity contribution in [3.8, 4) is 11.3 Å². The van der Waals surface area contributed by atoms with Crippen LogP contribution in [0.15, 0.2) is 42.6 Å². The highest BCUT2D eigenvalue weighted by Gasteiger charge is 2.05. The minimum atomic E-state index is 0.970. The maximum atomic E-state index is 4.59. The Morgan fingerprint density at radius 3 is 2.78 bits per heavy atom. The molecule has 3 aromatic rings. The van der Waals surface area contributed by atoms with Gasteiger partial charge in [0.05, 0.1) is 22.9 Å². The predicted molar refractivity (Wildman–Crippen MR) is 73.3 cm³/mol. The number of nitrogens with zero attached hydrogens (tertiary/aromatic N) is 2. The minimum absolute atomic E-state index is 0.970. The van der Waals surface area contributed by atoms with Crippen LogP contribution in [0.5, 0.6) is 0 Å². The lowest BCUT2D eigenvalue weighted by Crippen LogP contribution is -1.83. The zero-order chi connectivity index (χ0) is 12.4. The molecule has 0 saturated heterocycles. The number of pyridine rings is 1. The number of H-pyrrole nitrogens is 1. The zero-order valence-electron chi connectivity index (χ0n) is 10.4. The van der Waals surface area contributed by atoms with Crippen LogP contribution in [0.3, 0.4) is 0 Å². The smallest absolute Gasteiger partial charge is 0.107 e. The summed E-state index contributed by atoms with van der Waals surface area (Å²) in [6.07, 6.45) is 3.94. The quantitative estimate of drug-likeness (QED) is 0.756. The first kappa shape index (κ1) is 11.0. The zero-order valence-corrected chi connectivity index (χ0v) is 10.4. The van der Waals surface area contributed by atoms with Crippen molar-refractivity contribution >= 4 is 11.0 Å². The van der Waals surface area contributed by atoms with E-state index in [1.807, 2.05) is 30.5 Å². The van der Waals surface area contributed by atoms with Crippen molar-refractivity contribution in [2.24, 2.45) is 0 Å². The van der Waals surface area contributed by atoms with Gasteiger partial charge in [0, 0.05) is 12.0 Å². The number of hydrogen-bond donors (Lipinski definition) is 1. The number of imidazole rings is 1. The van der Waals surface area contributed by atoms with Crippen molar-refractivity contribution < 1.29 is 0 Å². The second kappa shape index (κ2) is 4.61. The molecule has 1 aromatic carbocycles. The van der Waals surface area contributed by atoms with Gasteiger partial charge in [0.25, 0.3) is 0 Å². The van der Waals surface area contributed by atoms with E-state index in [0.717, 1.165) is 41.0 Å². The summed E-state index contributed by atoms with van der Waals surface area (Å²) < 4.78 is 0. The topological polar surface area (TPSA) is 41.6 Å². The monoisotopic (exact) mass is 237 g/mol. The minimum Gasteiger partial charge on any atom is -0.341 e. The first-order chi connectivity index (χ1) is 8.86. The third-order valence-corrected chi connectivity index (χ3v) is 2.97. The van der Waals surface area contributed by atoms with Crippen LogP contribution in [-0.2, 0) is 6.42 Å². The Bertz CT molecular complexity index is 656. The van der Waals surface area contributed by atoms with E-state index in [9.17, 15) is 0 Å². The average Bonchev–Trinajstić information content (AvgIpc) is 2.81. The number of nitrogens with one attached hydrogen (secondary N) is 1. The molecule has 3 nitrogen and oxygen atoms in total. The molecular weight excluding hydrogens is 222 g/mol. The molecular formula is C15H15N3. The summed E-state index contributed by atoms with van der Waals surface area (Å²) in [5.41, 5.74) is 4.10. The molecule has 0 aliphatic carbocycles. The second-order valence-corrected chi connectivity index (χ2v) is 4.39. The summed E-state index contributed by atoms with van der Waals surface area (Å²) in [5, 5.41) is 0. The molecule has 1 N–H and O–H groups in total. The van der Waals surface area contributed by atoms with Crippen molar-refractivity contribution in [2.75, 3.05) is 0 Å². The fourth-order valence-corrected chi connectivity index (χ4v) is 2.08. The van der Waals surface area contributed by atoms with Crippen LogP contribution in [0.4, 0.5) is 0 Å². The normalized spacial score (nSPS) is 10.9. The Kier molecular flexibility index (Phi) is 2.81. The highest BCUT2D eigenvalue weighted by atomic mass is 14.9. The van der Waals surface area contributed by atoms with Crippen LogP contribution in [0.1, 0.15) is 19.2 Å². The molecule has 18 heavy (non-hydrogen) atoms. The number of aromatic amines is 1. The van der Waals surface area contributed by atoms with E-state index in [4.69, 9.17) is 0 Å². The molecule has 2 aromatic heterocycles. The van der Waals surface area contributed by atoms with Gasteiger partial charge < -0.3 is 4.98 Å². The van der Waals surface area contributed by atoms with Gasteiger partial charge in [0.1, 0.15) is 5.82 Å². The van der Waals surface area contributed by atoms with Gasteiger partial charge in [-0.25, -0.2) is 4.98 Å². The summed E-state index contributed by atoms with van der Waals surface area (Å²) in [4.78, 5) is 12.4. The van der Waals surface area contributed by atoms with Crippen LogP contribution in [0.25, 0.3) is 22.3 Å². The van der Waals surface area contributed by atoms with Gasteiger partial charge in [0.2, 0.25) is 0 Å². The van der Waals surface area contributed by atoms with Crippen LogP contribution >= 0.6 is 0 Å². The van der Waals surface area contributed by atoms with Gasteiger partial charge in [-0.1, -0.05) is 37.3 Å². The molecule has 0 unspecified atom stereocenters. The fraction of sp³-hybridized carbons (Fsp3) is 0.200. The standard InChI is InChI=1S/C15H15N3/c1-2-6-15-17-13-9-12(16-10-14(13)18-15)11-7-4-3-5-8-11/h3-5,7-10H,2,6H2,1H3,(H,17,18). The number of benzene rings is 1. The Morgan fingerprint density at radius 2 is 2.00 bits per heavy atom. The number of hydrogen-bond acceptors (Lipinski definition) is 2. The molecule has 3 heteroatoms. The Morgan fingerprint density at radius 1 is 1.17 bits per heavy atom. The maximum Gasteiger partial charge on any atom is 0.107 e. The van der Waals surface area contributed by atoms with E-state index >= 15 is 0 Å². The molecule has 0 aliphatic heterocycles. The van der Waals surface area contributed by atoms with E-state index in [1.165, 1.54) is 0 Å². The summed E-state index contributed by atoms with van der Waals surface area (Å²) >= 11 is 0. The van der Waals surface area contributed by atoms with Crippen molar-refractivity contribution in [2.45, 2.75) is 19.8 Å². The molecule has 0 saturated carbocycles. The summed E-state index contributed by atoms with van der Waals surface area (Å²) in [6, 6.07) is 12.2. The number of aryl methyl sites for hydroxylation is 1. The van der Waals surface area contributed by atoms with Gasteiger partial charge in [-0.3, -0.25) is 4.98 Å². The highest BCUT2D eigenvalue weighted by molar-refractivity contribution is 5.79. The molecule has 3 rings (SSSR count). The molecule has 0 radical (unpaired) electrons. The lowest BCUT2D eigenvalue weighted by Gasteiger charge is -1.99.